The quantitative estimate of drug-likeness (QED) is 0.832. The summed E-state index contributed by atoms with van der Waals surface area (Å²) in [6.07, 6.45) is -3.97. The molecule has 28 heavy (non-hydrogen) atoms. The molecule has 0 aromatic heterocycles. The van der Waals surface area contributed by atoms with Gasteiger partial charge >= 0.3 is 6.18 Å². The van der Waals surface area contributed by atoms with Gasteiger partial charge in [-0.25, -0.2) is 13.4 Å². The van der Waals surface area contributed by atoms with E-state index in [1.54, 1.807) is 18.2 Å². The summed E-state index contributed by atoms with van der Waals surface area (Å²) in [6.45, 7) is -0.873. The summed E-state index contributed by atoms with van der Waals surface area (Å²) in [5.41, 5.74) is -2.80. The van der Waals surface area contributed by atoms with Crippen molar-refractivity contribution in [2.24, 2.45) is 4.99 Å². The number of ether oxygens (including phenoxy) is 1. The molecule has 0 radical (unpaired) electrons. The Kier molecular flexibility index (Phi) is 4.88. The SMILES string of the molecule is COc1ccccc1C1=NC(O)(C(F)(F)F)CN1c1ccc(S(C)(=O)=O)cc1. The smallest absolute Gasteiger partial charge is 0.440 e. The normalized spacial score (nSPS) is 20.2. The van der Waals surface area contributed by atoms with Gasteiger partial charge < -0.3 is 14.7 Å². The lowest BCUT2D eigenvalue weighted by atomic mass is 10.1. The monoisotopic (exact) mass is 414 g/mol. The molecule has 10 heteroatoms. The molecule has 1 unspecified atom stereocenters. The van der Waals surface area contributed by atoms with Gasteiger partial charge in [0.05, 0.1) is 24.1 Å². The number of halogens is 3. The highest BCUT2D eigenvalue weighted by Crippen LogP contribution is 2.40. The zero-order valence-electron chi connectivity index (χ0n) is 14.9. The number of hydrogen-bond donors (Lipinski definition) is 1. The van der Waals surface area contributed by atoms with Crippen molar-refractivity contribution in [3.8, 4) is 5.75 Å². The minimum atomic E-state index is -5.00. The van der Waals surface area contributed by atoms with Crippen molar-refractivity contribution < 1.29 is 31.4 Å². The third-order valence-electron chi connectivity index (χ3n) is 4.30. The van der Waals surface area contributed by atoms with Gasteiger partial charge in [-0.3, -0.25) is 0 Å². The topological polar surface area (TPSA) is 79.2 Å². The number of para-hydroxylation sites is 1. The Labute approximate surface area is 159 Å². The zero-order valence-corrected chi connectivity index (χ0v) is 15.8. The van der Waals surface area contributed by atoms with E-state index in [4.69, 9.17) is 4.74 Å². The standard InChI is InChI=1S/C18H17F3N2O4S/c1-27-15-6-4-3-5-14(15)16-22-17(24,18(19,20)21)11-23(16)12-7-9-13(10-8-12)28(2,25)26/h3-10,24H,11H2,1-2H3. The number of nitrogens with zero attached hydrogens (tertiary/aromatic N) is 2. The summed E-state index contributed by atoms with van der Waals surface area (Å²) in [7, 11) is -2.09. The van der Waals surface area contributed by atoms with Crippen LogP contribution >= 0.6 is 0 Å². The molecule has 0 bridgehead atoms. The van der Waals surface area contributed by atoms with Crippen molar-refractivity contribution >= 4 is 21.4 Å². The van der Waals surface area contributed by atoms with Crippen LogP contribution in [0.5, 0.6) is 5.75 Å². The highest BCUT2D eigenvalue weighted by molar-refractivity contribution is 7.90. The van der Waals surface area contributed by atoms with Crippen molar-refractivity contribution in [2.45, 2.75) is 16.8 Å². The summed E-state index contributed by atoms with van der Waals surface area (Å²) >= 11 is 0. The highest BCUT2D eigenvalue weighted by Gasteiger charge is 2.59. The molecule has 2 aromatic rings. The maximum absolute atomic E-state index is 13.4. The number of benzene rings is 2. The number of aliphatic imine (C=N–C) groups is 1. The highest BCUT2D eigenvalue weighted by atomic mass is 32.2. The van der Waals surface area contributed by atoms with Crippen LogP contribution in [0.2, 0.25) is 0 Å². The second-order valence-electron chi connectivity index (χ2n) is 6.30. The van der Waals surface area contributed by atoms with Crippen LogP contribution < -0.4 is 9.64 Å². The number of β-amino-alcohol motifs (C(OH)–C–C–N with tert-alkyl or cyclic N) is 1. The van der Waals surface area contributed by atoms with Crippen LogP contribution in [0.25, 0.3) is 0 Å². The van der Waals surface area contributed by atoms with E-state index in [9.17, 15) is 26.7 Å². The predicted molar refractivity (Wildman–Crippen MR) is 97.4 cm³/mol. The molecular formula is C18H17F3N2O4S. The zero-order chi connectivity index (χ0) is 20.7. The number of sulfone groups is 1. The molecule has 150 valence electrons. The Morgan fingerprint density at radius 1 is 1.14 bits per heavy atom. The third-order valence-corrected chi connectivity index (χ3v) is 5.43. The largest absolute Gasteiger partial charge is 0.496 e. The molecule has 1 atom stereocenters. The number of methoxy groups -OCH3 is 1. The van der Waals surface area contributed by atoms with Gasteiger partial charge in [-0.15, -0.1) is 0 Å². The minimum Gasteiger partial charge on any atom is -0.496 e. The molecule has 0 saturated heterocycles. The van der Waals surface area contributed by atoms with Gasteiger partial charge in [-0.1, -0.05) is 12.1 Å². The lowest BCUT2D eigenvalue weighted by Gasteiger charge is -2.26. The van der Waals surface area contributed by atoms with Crippen molar-refractivity contribution in [1.29, 1.82) is 0 Å². The van der Waals surface area contributed by atoms with Crippen molar-refractivity contribution in [3.05, 3.63) is 54.1 Å². The number of anilines is 1. The molecule has 3 rings (SSSR count). The van der Waals surface area contributed by atoms with Gasteiger partial charge in [-0.2, -0.15) is 13.2 Å². The molecule has 0 spiro atoms. The second kappa shape index (κ2) is 6.78. The minimum absolute atomic E-state index is 0.0253. The Morgan fingerprint density at radius 3 is 2.29 bits per heavy atom. The van der Waals surface area contributed by atoms with E-state index in [0.29, 0.717) is 0 Å². The number of aliphatic hydroxyl groups is 1. The summed E-state index contributed by atoms with van der Waals surface area (Å²) < 4.78 is 68.8. The van der Waals surface area contributed by atoms with Crippen molar-refractivity contribution in [3.63, 3.8) is 0 Å². The van der Waals surface area contributed by atoms with Gasteiger partial charge in [-0.05, 0) is 36.4 Å². The molecule has 1 aliphatic rings. The summed E-state index contributed by atoms with van der Waals surface area (Å²) in [6, 6.07) is 11.7. The van der Waals surface area contributed by atoms with E-state index in [1.165, 1.54) is 42.3 Å². The first kappa shape index (κ1) is 20.2. The number of amidine groups is 1. The van der Waals surface area contributed by atoms with E-state index >= 15 is 0 Å². The maximum Gasteiger partial charge on any atom is 0.440 e. The second-order valence-corrected chi connectivity index (χ2v) is 8.32. The fraction of sp³-hybridized carbons (Fsp3) is 0.278. The number of alkyl halides is 3. The first-order chi connectivity index (χ1) is 13.0. The molecule has 0 saturated carbocycles. The third kappa shape index (κ3) is 3.57. The maximum atomic E-state index is 13.4. The van der Waals surface area contributed by atoms with Gasteiger partial charge in [0.15, 0.2) is 9.84 Å². The van der Waals surface area contributed by atoms with Gasteiger partial charge in [0.2, 0.25) is 0 Å². The van der Waals surface area contributed by atoms with E-state index in [0.717, 1.165) is 6.26 Å². The molecule has 1 N–H and O–H groups in total. The first-order valence-corrected chi connectivity index (χ1v) is 9.95. The molecule has 6 nitrogen and oxygen atoms in total. The first-order valence-electron chi connectivity index (χ1n) is 8.06. The molecule has 1 aliphatic heterocycles. The fourth-order valence-electron chi connectivity index (χ4n) is 2.84. The van der Waals surface area contributed by atoms with E-state index < -0.39 is 28.3 Å². The Hall–Kier alpha value is -2.59. The average molecular weight is 414 g/mol. The fourth-order valence-corrected chi connectivity index (χ4v) is 3.47. The molecule has 2 aromatic carbocycles. The van der Waals surface area contributed by atoms with Crippen LogP contribution in [0.1, 0.15) is 5.56 Å². The number of rotatable bonds is 4. The summed E-state index contributed by atoms with van der Waals surface area (Å²) in [5.74, 6) is 0.148. The van der Waals surface area contributed by atoms with Crippen LogP contribution in [0.15, 0.2) is 58.4 Å². The van der Waals surface area contributed by atoms with E-state index in [1.807, 2.05) is 0 Å². The predicted octanol–water partition coefficient (Wildman–Crippen LogP) is 2.62. The molecular weight excluding hydrogens is 397 g/mol. The van der Waals surface area contributed by atoms with Crippen LogP contribution in [-0.4, -0.2) is 51.2 Å². The van der Waals surface area contributed by atoms with E-state index in [-0.39, 0.29) is 27.7 Å². The Balaban J connectivity index is 2.13. The van der Waals surface area contributed by atoms with Crippen LogP contribution in [0.4, 0.5) is 18.9 Å². The van der Waals surface area contributed by atoms with Crippen molar-refractivity contribution in [2.75, 3.05) is 24.8 Å². The van der Waals surface area contributed by atoms with E-state index in [2.05, 4.69) is 4.99 Å². The molecule has 0 aliphatic carbocycles. The molecule has 1 heterocycles. The number of hydrogen-bond acceptors (Lipinski definition) is 6. The van der Waals surface area contributed by atoms with Gasteiger partial charge in [0, 0.05) is 11.9 Å². The van der Waals surface area contributed by atoms with Crippen LogP contribution in [-0.2, 0) is 9.84 Å². The Morgan fingerprint density at radius 2 is 1.75 bits per heavy atom. The van der Waals surface area contributed by atoms with Crippen LogP contribution in [0, 0.1) is 0 Å². The summed E-state index contributed by atoms with van der Waals surface area (Å²) in [4.78, 5) is 4.78. The lowest BCUT2D eigenvalue weighted by Crippen LogP contribution is -2.47. The van der Waals surface area contributed by atoms with Crippen molar-refractivity contribution in [1.82, 2.24) is 0 Å². The summed E-state index contributed by atoms with van der Waals surface area (Å²) in [5, 5.41) is 10.1. The molecule has 0 fully saturated rings. The van der Waals surface area contributed by atoms with Gasteiger partial charge in [0.1, 0.15) is 11.6 Å². The van der Waals surface area contributed by atoms with Crippen LogP contribution in [0.3, 0.4) is 0 Å². The lowest BCUT2D eigenvalue weighted by molar-refractivity contribution is -0.249. The Bertz CT molecular complexity index is 1020. The van der Waals surface area contributed by atoms with Gasteiger partial charge in [0.25, 0.3) is 5.72 Å². The molecule has 0 amide bonds. The average Bonchev–Trinajstić information content (AvgIpc) is 3.00.